The molecule has 0 aromatic carbocycles. The average molecular weight is 863 g/mol. The number of cyclic esters (lactones) is 1. The molecule has 0 bridgehead atoms. The van der Waals surface area contributed by atoms with Crippen molar-refractivity contribution in [3.05, 3.63) is 12.7 Å². The Morgan fingerprint density at radius 2 is 1.67 bits per heavy atom. The summed E-state index contributed by atoms with van der Waals surface area (Å²) < 4.78 is 50.6. The van der Waals surface area contributed by atoms with Gasteiger partial charge < -0.3 is 53.0 Å². The van der Waals surface area contributed by atoms with Gasteiger partial charge in [-0.2, -0.15) is 0 Å². The summed E-state index contributed by atoms with van der Waals surface area (Å²) in [4.78, 5) is 62.7. The molecule has 0 saturated carbocycles. The van der Waals surface area contributed by atoms with Crippen LogP contribution in [0.4, 0.5) is 0 Å². The minimum absolute atomic E-state index is 0.0484. The predicted octanol–water partition coefficient (Wildman–Crippen LogP) is 2.44. The molecule has 0 aromatic rings. The van der Waals surface area contributed by atoms with Crippen molar-refractivity contribution >= 4 is 23.5 Å². The van der Waals surface area contributed by atoms with E-state index in [1.165, 1.54) is 14.0 Å². The number of hydrogen-bond acceptors (Lipinski definition) is 16. The molecule has 0 aromatic heterocycles. The van der Waals surface area contributed by atoms with Gasteiger partial charge in [-0.1, -0.05) is 32.8 Å². The predicted molar refractivity (Wildman–Crippen MR) is 221 cm³/mol. The molecule has 5 heterocycles. The van der Waals surface area contributed by atoms with E-state index in [4.69, 9.17) is 44.3 Å². The third-order valence-corrected chi connectivity index (χ3v) is 14.2. The third-order valence-electron chi connectivity index (χ3n) is 14.2. The van der Waals surface area contributed by atoms with Gasteiger partial charge in [-0.15, -0.1) is 13.0 Å². The van der Waals surface area contributed by atoms with Crippen LogP contribution >= 0.6 is 0 Å². The van der Waals surface area contributed by atoms with Gasteiger partial charge in [-0.05, 0) is 74.9 Å². The topological polar surface area (TPSA) is 189 Å². The number of carbonyl (C=O) groups excluding carboxylic acids is 4. The summed E-state index contributed by atoms with van der Waals surface area (Å²) in [5.74, 6) is -3.12. The second kappa shape index (κ2) is 18.7. The number of terminal acetylenes is 1. The molecule has 2 N–H and O–H groups in total. The standard InChI is InChI=1S/C45H70N2O14/c1-15-18-47-23-42(8)35-31(47)40(53)61-45(35,11)29(17-3)58-39(52)26(6)32(48)34(59-30-22-43(9,54-14)37(51)27(7)57-30)38(44(10,55-19-16-2)21-24(4)36(42)50)60-41-33(49)28(46(12)13)20-25(5)56-41/h2,15,24-31,33-35,37-38,41,49,51H,1,17-23H2,3-14H3/t24-,25-,26-,27+,28+,29+,30?,31?,33-,34+,35?,37+,38-,41+,42?,43?,44+,45-/m1/s1. The average Bonchev–Trinajstić information content (AvgIpc) is 3.67. The van der Waals surface area contributed by atoms with Crippen molar-refractivity contribution < 1.29 is 67.3 Å². The molecule has 5 fully saturated rings. The van der Waals surface area contributed by atoms with Crippen molar-refractivity contribution in [2.24, 2.45) is 23.2 Å². The molecule has 5 saturated heterocycles. The van der Waals surface area contributed by atoms with E-state index < -0.39 is 125 Å². The van der Waals surface area contributed by atoms with Crippen molar-refractivity contribution in [3.8, 4) is 12.3 Å². The monoisotopic (exact) mass is 862 g/mol. The van der Waals surface area contributed by atoms with Crippen LogP contribution in [0.3, 0.4) is 0 Å². The highest BCUT2D eigenvalue weighted by atomic mass is 16.7. The molecule has 5 aliphatic heterocycles. The molecule has 344 valence electrons. The maximum Gasteiger partial charge on any atom is 0.324 e. The molecule has 5 unspecified atom stereocenters. The smallest absolute Gasteiger partial charge is 0.324 e. The molecule has 0 aliphatic carbocycles. The highest BCUT2D eigenvalue weighted by Gasteiger charge is 2.71. The van der Waals surface area contributed by atoms with Crippen LogP contribution < -0.4 is 0 Å². The van der Waals surface area contributed by atoms with Gasteiger partial charge in [0, 0.05) is 49.9 Å². The Morgan fingerprint density at radius 3 is 2.26 bits per heavy atom. The number of esters is 2. The second-order valence-corrected chi connectivity index (χ2v) is 19.0. The molecule has 18 atom stereocenters. The molecule has 0 amide bonds. The summed E-state index contributed by atoms with van der Waals surface area (Å²) in [6.07, 6.45) is -2.41. The summed E-state index contributed by atoms with van der Waals surface area (Å²) in [5, 5.41) is 22.9. The Morgan fingerprint density at radius 1 is 1.00 bits per heavy atom. The normalized spacial score (nSPS) is 46.4. The van der Waals surface area contributed by atoms with Crippen molar-refractivity contribution in [3.63, 3.8) is 0 Å². The van der Waals surface area contributed by atoms with Crippen molar-refractivity contribution in [1.82, 2.24) is 9.80 Å². The van der Waals surface area contributed by atoms with E-state index in [-0.39, 0.29) is 38.2 Å². The zero-order valence-corrected chi connectivity index (χ0v) is 38.1. The van der Waals surface area contributed by atoms with Crippen LogP contribution in [0, 0.1) is 35.5 Å². The van der Waals surface area contributed by atoms with Crippen LogP contribution in [-0.4, -0.2) is 169 Å². The number of methoxy groups -OCH3 is 1. The number of likely N-dealkylation sites (N-methyl/N-ethyl adjacent to an activating group) is 1. The molecule has 16 nitrogen and oxygen atoms in total. The van der Waals surface area contributed by atoms with Crippen LogP contribution in [0.25, 0.3) is 0 Å². The Labute approximate surface area is 361 Å². The lowest BCUT2D eigenvalue weighted by Crippen LogP contribution is -2.63. The van der Waals surface area contributed by atoms with Gasteiger partial charge in [-0.3, -0.25) is 24.1 Å². The van der Waals surface area contributed by atoms with Crippen molar-refractivity contribution in [2.45, 2.75) is 172 Å². The van der Waals surface area contributed by atoms with Crippen LogP contribution in [0.15, 0.2) is 12.7 Å². The maximum absolute atomic E-state index is 15.4. The fraction of sp³-hybridized carbons (Fsp3) is 0.822. The fourth-order valence-electron chi connectivity index (χ4n) is 10.9. The quantitative estimate of drug-likeness (QED) is 0.133. The number of aliphatic hydroxyl groups is 2. The second-order valence-electron chi connectivity index (χ2n) is 19.0. The summed E-state index contributed by atoms with van der Waals surface area (Å²) in [5.41, 5.74) is -5.55. The fourth-order valence-corrected chi connectivity index (χ4v) is 10.9. The molecule has 16 heteroatoms. The van der Waals surface area contributed by atoms with Gasteiger partial charge in [0.2, 0.25) is 0 Å². The van der Waals surface area contributed by atoms with Gasteiger partial charge in [-0.25, -0.2) is 0 Å². The Hall–Kier alpha value is -2.82. The van der Waals surface area contributed by atoms with Crippen LogP contribution in [0.5, 0.6) is 0 Å². The Bertz CT molecular complexity index is 1690. The largest absolute Gasteiger partial charge is 0.458 e. The number of aliphatic hydroxyl groups excluding tert-OH is 2. The van der Waals surface area contributed by atoms with E-state index in [0.717, 1.165) is 0 Å². The van der Waals surface area contributed by atoms with Gasteiger partial charge in [0.15, 0.2) is 24.0 Å². The SMILES string of the molecule is C#CCO[C@@]1(C)C[C@@H](C)C(=O)C2(C)CN(CC=C)C3C(=O)O[C@@](C)(C32)[C@H](CC)OC(=O)[C@H](C)C(=O)[C@H](OC2CC(C)(OC)[C@@H](O)[C@H](C)O2)[C@H]1O[C@@H]1O[C@H](C)C[C@H](N(C)C)[C@H]1O. The first-order valence-electron chi connectivity index (χ1n) is 21.6. The Kier molecular flexibility index (Phi) is 15.1. The molecule has 61 heavy (non-hydrogen) atoms. The number of rotatable bonds is 11. The molecule has 0 spiro atoms. The number of hydrogen-bond donors (Lipinski definition) is 2. The minimum Gasteiger partial charge on any atom is -0.458 e. The third kappa shape index (κ3) is 9.12. The van der Waals surface area contributed by atoms with E-state index in [1.807, 2.05) is 37.7 Å². The van der Waals surface area contributed by atoms with Gasteiger partial charge in [0.25, 0.3) is 0 Å². The first-order chi connectivity index (χ1) is 28.5. The number of carbonyl (C=O) groups is 4. The molecule has 0 radical (unpaired) electrons. The lowest BCUT2D eigenvalue weighted by Gasteiger charge is -2.49. The Balaban J connectivity index is 1.73. The van der Waals surface area contributed by atoms with E-state index in [0.29, 0.717) is 13.0 Å². The van der Waals surface area contributed by atoms with Crippen LogP contribution in [0.2, 0.25) is 0 Å². The highest BCUT2D eigenvalue weighted by molar-refractivity contribution is 6.01. The summed E-state index contributed by atoms with van der Waals surface area (Å²) in [6, 6.07) is -1.26. The van der Waals surface area contributed by atoms with Crippen molar-refractivity contribution in [2.75, 3.05) is 40.9 Å². The summed E-state index contributed by atoms with van der Waals surface area (Å²) >= 11 is 0. The van der Waals surface area contributed by atoms with E-state index in [9.17, 15) is 19.8 Å². The molecular formula is C45H70N2O14. The van der Waals surface area contributed by atoms with Gasteiger partial charge in [0.05, 0.1) is 23.4 Å². The zero-order chi connectivity index (χ0) is 45.6. The van der Waals surface area contributed by atoms with Crippen molar-refractivity contribution in [1.29, 1.82) is 0 Å². The zero-order valence-electron chi connectivity index (χ0n) is 38.1. The summed E-state index contributed by atoms with van der Waals surface area (Å²) in [7, 11) is 5.10. The number of likely N-dealkylation sites (tertiary alicyclic amines) is 1. The maximum atomic E-state index is 15.4. The van der Waals surface area contributed by atoms with Gasteiger partial charge >= 0.3 is 11.9 Å². The van der Waals surface area contributed by atoms with Crippen LogP contribution in [0.1, 0.15) is 88.0 Å². The first kappa shape index (κ1) is 49.2. The lowest BCUT2D eigenvalue weighted by atomic mass is 9.62. The first-order valence-corrected chi connectivity index (χ1v) is 21.6. The molecule has 5 rings (SSSR count). The van der Waals surface area contributed by atoms with Gasteiger partial charge in [0.1, 0.15) is 54.9 Å². The number of nitrogens with zero attached hydrogens (tertiary/aromatic N) is 2. The lowest BCUT2D eigenvalue weighted by molar-refractivity contribution is -0.328. The minimum atomic E-state index is -1.72. The van der Waals surface area contributed by atoms with E-state index in [2.05, 4.69) is 12.5 Å². The van der Waals surface area contributed by atoms with E-state index >= 15 is 9.59 Å². The number of ketones is 2. The number of ether oxygens (including phenoxy) is 8. The van der Waals surface area contributed by atoms with Crippen LogP contribution in [-0.2, 0) is 57.1 Å². The summed E-state index contributed by atoms with van der Waals surface area (Å²) in [6.45, 7) is 19.3. The number of Topliss-reactive ketones (excluding diaryl/α,β-unsaturated/α-hetero) is 2. The molecule has 5 aliphatic rings. The van der Waals surface area contributed by atoms with E-state index in [1.54, 1.807) is 47.6 Å². The highest BCUT2D eigenvalue weighted by Crippen LogP contribution is 2.56. The molecular weight excluding hydrogens is 792 g/mol.